The largest absolute Gasteiger partial charge is 0.462 e. The smallest absolute Gasteiger partial charge is 0.338 e. The molecule has 61 heavy (non-hydrogen) atoms. The molecule has 1 saturated carbocycles. The van der Waals surface area contributed by atoms with E-state index in [0.29, 0.717) is 30.6 Å². The molecule has 0 radical (unpaired) electrons. The Bertz CT molecular complexity index is 2080. The molecule has 7 nitrogen and oxygen atoms in total. The fraction of sp³-hybridized carbons (Fsp3) is 0.462. The van der Waals surface area contributed by atoms with Crippen molar-refractivity contribution in [3.63, 3.8) is 0 Å². The Balaban J connectivity index is 1.24. The van der Waals surface area contributed by atoms with Crippen molar-refractivity contribution >= 4 is 38.7 Å². The van der Waals surface area contributed by atoms with Crippen molar-refractivity contribution < 1.29 is 33.0 Å². The average molecular weight is 861 g/mol. The van der Waals surface area contributed by atoms with Gasteiger partial charge in [-0.1, -0.05) is 143 Å². The minimum Gasteiger partial charge on any atom is -0.462 e. The van der Waals surface area contributed by atoms with Gasteiger partial charge in [0.15, 0.2) is 5.79 Å². The lowest BCUT2D eigenvalue weighted by Gasteiger charge is -2.44. The summed E-state index contributed by atoms with van der Waals surface area (Å²) in [5, 5.41) is 2.29. The van der Waals surface area contributed by atoms with Crippen LogP contribution in [0.3, 0.4) is 0 Å². The van der Waals surface area contributed by atoms with Crippen LogP contribution in [0.15, 0.2) is 115 Å². The molecular weight excluding hydrogens is 793 g/mol. The number of ether oxygens (including phenoxy) is 4. The molecule has 6 atom stereocenters. The molecule has 2 aliphatic rings. The molecule has 0 spiro atoms. The summed E-state index contributed by atoms with van der Waals surface area (Å²) in [6.07, 6.45) is 4.47. The molecule has 1 saturated heterocycles. The minimum atomic E-state index is -2.79. The molecule has 0 bridgehead atoms. The Morgan fingerprint density at radius 1 is 0.852 bits per heavy atom. The van der Waals surface area contributed by atoms with Gasteiger partial charge < -0.3 is 23.4 Å². The SMILES string of the molecule is Cc1cc(C)c(C(=O)OCC[Si](C)(C)C)c(C2CC2C[C@@H]2OC(C)(C)O[C@@H]2C(/C=C\C[C@H](C)O[Si](c2ccccc2)(c2ccccc2)C(C)(C)C)OC(=O)c2ccccc2)c1. The summed E-state index contributed by atoms with van der Waals surface area (Å²) in [4.78, 5) is 27.4. The molecule has 1 aliphatic carbocycles. The fourth-order valence-electron chi connectivity index (χ4n) is 9.03. The molecule has 3 unspecified atom stereocenters. The number of hydrogen-bond donors (Lipinski definition) is 0. The molecule has 0 N–H and O–H groups in total. The molecule has 0 aromatic heterocycles. The molecular formula is C52H68O7Si2. The summed E-state index contributed by atoms with van der Waals surface area (Å²) < 4.78 is 32.9. The van der Waals surface area contributed by atoms with E-state index in [1.54, 1.807) is 12.1 Å². The Hall–Kier alpha value is -4.13. The molecule has 2 fully saturated rings. The summed E-state index contributed by atoms with van der Waals surface area (Å²) >= 11 is 0. The second-order valence-corrected chi connectivity index (χ2v) is 29.8. The van der Waals surface area contributed by atoms with Gasteiger partial charge in [0, 0.05) is 14.2 Å². The number of aryl methyl sites for hydroxylation is 2. The highest BCUT2D eigenvalue weighted by atomic mass is 28.4. The van der Waals surface area contributed by atoms with Gasteiger partial charge in [0.05, 0.1) is 23.8 Å². The lowest BCUT2D eigenvalue weighted by Crippen LogP contribution is -2.67. The van der Waals surface area contributed by atoms with Crippen molar-refractivity contribution in [2.75, 3.05) is 6.61 Å². The maximum atomic E-state index is 13.7. The topological polar surface area (TPSA) is 80.3 Å². The predicted molar refractivity (Wildman–Crippen MR) is 251 cm³/mol. The average Bonchev–Trinajstić information content (AvgIpc) is 3.89. The van der Waals surface area contributed by atoms with Crippen LogP contribution in [-0.2, 0) is 23.4 Å². The van der Waals surface area contributed by atoms with Crippen molar-refractivity contribution in [2.45, 2.75) is 141 Å². The van der Waals surface area contributed by atoms with E-state index in [2.05, 4.69) is 133 Å². The van der Waals surface area contributed by atoms with Crippen LogP contribution in [0.1, 0.15) is 104 Å². The van der Waals surface area contributed by atoms with Crippen LogP contribution in [0.25, 0.3) is 0 Å². The second-order valence-electron chi connectivity index (χ2n) is 20.0. The number of benzene rings is 4. The van der Waals surface area contributed by atoms with Gasteiger partial charge in [-0.05, 0) is 117 Å². The standard InChI is InChI=1S/C52H68O7Si2/c1-36-32-37(2)47(50(54)55-30-31-60(9,10)11)44(33-36)43-34-40(43)35-46-48(58-52(7,8)57-46)45(56-49(53)39-23-15-12-16-24-39)29-21-22-38(3)59-61(51(4,5)6,41-25-17-13-18-26-41)42-27-19-14-20-28-42/h12-21,23-29,32-33,38,40,43,45-46,48H,22,30-31,34-35H2,1-11H3/b29-21-/t38-,40?,43?,45?,46-,48+/m0/s1. The molecule has 4 aromatic carbocycles. The zero-order valence-corrected chi connectivity index (χ0v) is 40.3. The van der Waals surface area contributed by atoms with Gasteiger partial charge in [0.1, 0.15) is 12.2 Å². The summed E-state index contributed by atoms with van der Waals surface area (Å²) in [6.45, 7) is 24.2. The van der Waals surface area contributed by atoms with Crippen LogP contribution in [0.5, 0.6) is 0 Å². The monoisotopic (exact) mass is 860 g/mol. The third-order valence-electron chi connectivity index (χ3n) is 12.0. The van der Waals surface area contributed by atoms with E-state index >= 15 is 0 Å². The highest BCUT2D eigenvalue weighted by molar-refractivity contribution is 6.99. The van der Waals surface area contributed by atoms with Gasteiger partial charge in [0.2, 0.25) is 0 Å². The fourth-order valence-corrected chi connectivity index (χ4v) is 14.5. The van der Waals surface area contributed by atoms with Crippen molar-refractivity contribution in [2.24, 2.45) is 5.92 Å². The number of rotatable bonds is 17. The lowest BCUT2D eigenvalue weighted by molar-refractivity contribution is -0.153. The molecule has 0 amide bonds. The molecule has 6 rings (SSSR count). The highest BCUT2D eigenvalue weighted by Crippen LogP contribution is 2.53. The zero-order valence-electron chi connectivity index (χ0n) is 38.3. The lowest BCUT2D eigenvalue weighted by atomic mass is 9.93. The van der Waals surface area contributed by atoms with Gasteiger partial charge in [0.25, 0.3) is 8.32 Å². The van der Waals surface area contributed by atoms with Crippen molar-refractivity contribution in [1.29, 1.82) is 0 Å². The zero-order chi connectivity index (χ0) is 44.2. The van der Waals surface area contributed by atoms with E-state index in [9.17, 15) is 9.59 Å². The van der Waals surface area contributed by atoms with Crippen LogP contribution < -0.4 is 10.4 Å². The van der Waals surface area contributed by atoms with Gasteiger partial charge >= 0.3 is 11.9 Å². The Morgan fingerprint density at radius 2 is 1.44 bits per heavy atom. The first-order valence-corrected chi connectivity index (χ1v) is 27.7. The number of esters is 2. The summed E-state index contributed by atoms with van der Waals surface area (Å²) in [5.41, 5.74) is 4.30. The summed E-state index contributed by atoms with van der Waals surface area (Å²) in [5.74, 6) is -1.10. The van der Waals surface area contributed by atoms with Gasteiger partial charge in [-0.3, -0.25) is 0 Å². The van der Waals surface area contributed by atoms with Crippen molar-refractivity contribution in [3.8, 4) is 0 Å². The van der Waals surface area contributed by atoms with E-state index in [4.69, 9.17) is 23.4 Å². The van der Waals surface area contributed by atoms with Crippen LogP contribution >= 0.6 is 0 Å². The predicted octanol–water partition coefficient (Wildman–Crippen LogP) is 10.9. The highest BCUT2D eigenvalue weighted by Gasteiger charge is 2.52. The van der Waals surface area contributed by atoms with E-state index in [0.717, 1.165) is 29.2 Å². The normalized spacial score (nSPS) is 21.2. The van der Waals surface area contributed by atoms with Gasteiger partial charge in [-0.25, -0.2) is 9.59 Å². The molecule has 4 aromatic rings. The first-order chi connectivity index (χ1) is 28.8. The molecule has 326 valence electrons. The molecule has 1 heterocycles. The Kier molecular flexibility index (Phi) is 14.5. The number of carbonyl (C=O) groups excluding carboxylic acids is 2. The summed E-state index contributed by atoms with van der Waals surface area (Å²) in [7, 11) is -4.15. The van der Waals surface area contributed by atoms with Crippen molar-refractivity contribution in [1.82, 2.24) is 0 Å². The maximum absolute atomic E-state index is 13.7. The molecule has 9 heteroatoms. The first kappa shape index (κ1) is 46.4. The van der Waals surface area contributed by atoms with Crippen LogP contribution in [0, 0.1) is 19.8 Å². The third-order valence-corrected chi connectivity index (χ3v) is 18.9. The molecule has 1 aliphatic heterocycles. The Labute approximate surface area is 367 Å². The van der Waals surface area contributed by atoms with Gasteiger partial charge in [-0.2, -0.15) is 0 Å². The number of carbonyl (C=O) groups is 2. The van der Waals surface area contributed by atoms with Crippen molar-refractivity contribution in [3.05, 3.63) is 143 Å². The quantitative estimate of drug-likeness (QED) is 0.0594. The van der Waals surface area contributed by atoms with E-state index in [-0.39, 0.29) is 35.1 Å². The van der Waals surface area contributed by atoms with Gasteiger partial charge in [-0.15, -0.1) is 0 Å². The van der Waals surface area contributed by atoms with Crippen LogP contribution in [0.4, 0.5) is 0 Å². The Morgan fingerprint density at radius 3 is 2.02 bits per heavy atom. The third kappa shape index (κ3) is 11.5. The minimum absolute atomic E-state index is 0.151. The number of hydrogen-bond acceptors (Lipinski definition) is 7. The van der Waals surface area contributed by atoms with Crippen LogP contribution in [-0.4, -0.2) is 65.1 Å². The van der Waals surface area contributed by atoms with E-state index in [1.165, 1.54) is 10.4 Å². The summed E-state index contributed by atoms with van der Waals surface area (Å²) in [6, 6.07) is 35.6. The van der Waals surface area contributed by atoms with E-state index in [1.807, 2.05) is 45.0 Å². The second kappa shape index (κ2) is 19.1. The maximum Gasteiger partial charge on any atom is 0.338 e. The first-order valence-electron chi connectivity index (χ1n) is 22.1. The van der Waals surface area contributed by atoms with E-state index < -0.39 is 40.4 Å². The van der Waals surface area contributed by atoms with Crippen LogP contribution in [0.2, 0.25) is 30.7 Å².